The maximum atomic E-state index is 12.8. The average Bonchev–Trinajstić information content (AvgIpc) is 2.74. The number of hydrogen-bond acceptors (Lipinski definition) is 4. The highest BCUT2D eigenvalue weighted by molar-refractivity contribution is 7.84. The Bertz CT molecular complexity index is 1100. The number of pyridine rings is 1. The number of carboxylic acids is 1. The second kappa shape index (κ2) is 11.1. The normalized spacial score (nSPS) is 12.1. The smallest absolute Gasteiger partial charge is 0.328 e. The van der Waals surface area contributed by atoms with E-state index in [0.29, 0.717) is 45.1 Å². The second-order valence-electron chi connectivity index (χ2n) is 6.48. The minimum atomic E-state index is -1.52. The molecule has 1 atom stereocenters. The topological polar surface area (TPSA) is 76.5 Å². The van der Waals surface area contributed by atoms with Crippen molar-refractivity contribution in [3.63, 3.8) is 0 Å². The van der Waals surface area contributed by atoms with Crippen LogP contribution in [0.25, 0.3) is 6.08 Å². The number of hydrogen-bond donors (Lipinski definition) is 1. The van der Waals surface area contributed by atoms with E-state index in [4.69, 9.17) is 33.0 Å². The predicted molar refractivity (Wildman–Crippen MR) is 123 cm³/mol. The van der Waals surface area contributed by atoms with Crippen LogP contribution < -0.4 is 4.74 Å². The molecule has 1 heterocycles. The quantitative estimate of drug-likeness (QED) is 0.418. The minimum absolute atomic E-state index is 0.0711. The molecule has 0 aliphatic carbocycles. The molecule has 0 bridgehead atoms. The van der Waals surface area contributed by atoms with Gasteiger partial charge in [0.15, 0.2) is 0 Å². The van der Waals surface area contributed by atoms with Gasteiger partial charge in [0.1, 0.15) is 11.4 Å². The third kappa shape index (κ3) is 6.66. The largest absolute Gasteiger partial charge is 0.491 e. The zero-order valence-corrected chi connectivity index (χ0v) is 18.7. The van der Waals surface area contributed by atoms with E-state index in [1.807, 2.05) is 30.3 Å². The average molecular weight is 476 g/mol. The molecular weight excluding hydrogens is 457 g/mol. The number of nitrogens with zero attached hydrogens (tertiary/aromatic N) is 1. The Kier molecular flexibility index (Phi) is 8.23. The standard InChI is InChI=1S/C23H19Cl2NO4S/c24-18-7-4-8-19(25)23(18)31(29)15-17-9-11-21(20(26-17)10-12-22(27)28)30-14-13-16-5-2-1-3-6-16/h1-12H,13-15H2,(H,27,28)/b12-10+. The lowest BCUT2D eigenvalue weighted by atomic mass is 10.2. The van der Waals surface area contributed by atoms with Gasteiger partial charge in [0, 0.05) is 12.5 Å². The second-order valence-corrected chi connectivity index (χ2v) is 8.68. The molecular formula is C23H19Cl2NO4S. The van der Waals surface area contributed by atoms with E-state index in [-0.39, 0.29) is 5.75 Å². The minimum Gasteiger partial charge on any atom is -0.491 e. The van der Waals surface area contributed by atoms with Crippen LogP contribution in [0.4, 0.5) is 0 Å². The number of ether oxygens (including phenoxy) is 1. The van der Waals surface area contributed by atoms with Gasteiger partial charge < -0.3 is 9.84 Å². The number of carboxylic acid groups (broad SMARTS) is 1. The molecule has 1 aromatic heterocycles. The van der Waals surface area contributed by atoms with E-state index in [2.05, 4.69) is 4.98 Å². The molecule has 2 aromatic carbocycles. The van der Waals surface area contributed by atoms with Crippen LogP contribution in [-0.4, -0.2) is 26.9 Å². The summed E-state index contributed by atoms with van der Waals surface area (Å²) >= 11 is 12.3. The Morgan fingerprint density at radius 3 is 2.42 bits per heavy atom. The summed E-state index contributed by atoms with van der Waals surface area (Å²) < 4.78 is 18.6. The van der Waals surface area contributed by atoms with Crippen molar-refractivity contribution in [2.24, 2.45) is 0 Å². The van der Waals surface area contributed by atoms with Crippen molar-refractivity contribution in [2.75, 3.05) is 6.61 Å². The Morgan fingerprint density at radius 1 is 1.03 bits per heavy atom. The van der Waals surface area contributed by atoms with Crippen LogP contribution in [0.15, 0.2) is 71.6 Å². The van der Waals surface area contributed by atoms with Crippen molar-refractivity contribution >= 4 is 46.0 Å². The molecule has 0 saturated heterocycles. The lowest BCUT2D eigenvalue weighted by Gasteiger charge is -2.11. The molecule has 0 radical (unpaired) electrons. The van der Waals surface area contributed by atoms with Gasteiger partial charge in [-0.15, -0.1) is 0 Å². The molecule has 0 amide bonds. The summed E-state index contributed by atoms with van der Waals surface area (Å²) in [7, 11) is -1.52. The number of aromatic nitrogens is 1. The van der Waals surface area contributed by atoms with Crippen LogP contribution in [0.5, 0.6) is 5.75 Å². The summed E-state index contributed by atoms with van der Waals surface area (Å²) in [5.74, 6) is -0.589. The summed E-state index contributed by atoms with van der Waals surface area (Å²) in [5, 5.41) is 9.62. The zero-order chi connectivity index (χ0) is 22.2. The van der Waals surface area contributed by atoms with Crippen LogP contribution in [0, 0.1) is 0 Å². The first-order chi connectivity index (χ1) is 14.9. The summed E-state index contributed by atoms with van der Waals surface area (Å²) in [6, 6.07) is 18.2. The monoisotopic (exact) mass is 475 g/mol. The molecule has 0 aliphatic heterocycles. The number of rotatable bonds is 9. The van der Waals surface area contributed by atoms with Gasteiger partial charge >= 0.3 is 5.97 Å². The third-order valence-corrected chi connectivity index (χ3v) is 6.55. The lowest BCUT2D eigenvalue weighted by Crippen LogP contribution is -2.06. The number of halogens is 2. The number of aliphatic carboxylic acids is 1. The van der Waals surface area contributed by atoms with Crippen molar-refractivity contribution in [3.05, 3.63) is 93.7 Å². The van der Waals surface area contributed by atoms with E-state index in [1.165, 1.54) is 6.08 Å². The van der Waals surface area contributed by atoms with E-state index >= 15 is 0 Å². The van der Waals surface area contributed by atoms with Crippen molar-refractivity contribution in [3.8, 4) is 5.75 Å². The Hall–Kier alpha value is -2.67. The molecule has 0 saturated carbocycles. The molecule has 0 spiro atoms. The fourth-order valence-corrected chi connectivity index (χ4v) is 4.87. The van der Waals surface area contributed by atoms with Crippen molar-refractivity contribution in [1.29, 1.82) is 0 Å². The molecule has 1 unspecified atom stereocenters. The van der Waals surface area contributed by atoms with Gasteiger partial charge in [-0.25, -0.2) is 9.78 Å². The highest BCUT2D eigenvalue weighted by Crippen LogP contribution is 2.29. The molecule has 31 heavy (non-hydrogen) atoms. The Labute approximate surface area is 192 Å². The van der Waals surface area contributed by atoms with Gasteiger partial charge in [-0.2, -0.15) is 0 Å². The highest BCUT2D eigenvalue weighted by Gasteiger charge is 2.15. The first-order valence-electron chi connectivity index (χ1n) is 9.34. The predicted octanol–water partition coefficient (Wildman–Crippen LogP) is 5.42. The summed E-state index contributed by atoms with van der Waals surface area (Å²) in [4.78, 5) is 15.8. The van der Waals surface area contributed by atoms with Crippen molar-refractivity contribution in [2.45, 2.75) is 17.1 Å². The molecule has 5 nitrogen and oxygen atoms in total. The zero-order valence-electron chi connectivity index (χ0n) is 16.3. The Morgan fingerprint density at radius 2 is 1.74 bits per heavy atom. The fourth-order valence-electron chi connectivity index (χ4n) is 2.81. The SMILES string of the molecule is O=C(O)/C=C/c1nc(CS(=O)c2c(Cl)cccc2Cl)ccc1OCCc1ccccc1. The molecule has 1 N–H and O–H groups in total. The molecule has 8 heteroatoms. The van der Waals surface area contributed by atoms with Gasteiger partial charge in [0.05, 0.1) is 43.8 Å². The van der Waals surface area contributed by atoms with E-state index in [0.717, 1.165) is 11.6 Å². The summed E-state index contributed by atoms with van der Waals surface area (Å²) in [6.45, 7) is 0.403. The van der Waals surface area contributed by atoms with E-state index < -0.39 is 16.8 Å². The molecule has 0 fully saturated rings. The first-order valence-corrected chi connectivity index (χ1v) is 11.4. The van der Waals surface area contributed by atoms with Crippen LogP contribution in [0.3, 0.4) is 0 Å². The van der Waals surface area contributed by atoms with Crippen LogP contribution in [0.2, 0.25) is 10.0 Å². The van der Waals surface area contributed by atoms with Gasteiger partial charge in [-0.05, 0) is 35.9 Å². The fraction of sp³-hybridized carbons (Fsp3) is 0.130. The van der Waals surface area contributed by atoms with Crippen LogP contribution in [0.1, 0.15) is 17.0 Å². The molecule has 0 aliphatic rings. The van der Waals surface area contributed by atoms with Gasteiger partial charge in [-0.1, -0.05) is 59.6 Å². The molecule has 3 rings (SSSR count). The first kappa shape index (κ1) is 23.0. The van der Waals surface area contributed by atoms with E-state index in [1.54, 1.807) is 30.3 Å². The van der Waals surface area contributed by atoms with Gasteiger partial charge in [0.25, 0.3) is 0 Å². The maximum absolute atomic E-state index is 12.8. The summed E-state index contributed by atoms with van der Waals surface area (Å²) in [6.07, 6.45) is 3.03. The number of benzene rings is 2. The Balaban J connectivity index is 1.78. The van der Waals surface area contributed by atoms with E-state index in [9.17, 15) is 9.00 Å². The summed E-state index contributed by atoms with van der Waals surface area (Å²) in [5.41, 5.74) is 1.96. The van der Waals surface area contributed by atoms with Crippen LogP contribution in [-0.2, 0) is 27.8 Å². The molecule has 160 valence electrons. The highest BCUT2D eigenvalue weighted by atomic mass is 35.5. The third-order valence-electron chi connectivity index (χ3n) is 4.24. The van der Waals surface area contributed by atoms with Crippen molar-refractivity contribution < 1.29 is 18.8 Å². The molecule has 3 aromatic rings. The van der Waals surface area contributed by atoms with Crippen LogP contribution >= 0.6 is 23.2 Å². The number of carbonyl (C=O) groups is 1. The van der Waals surface area contributed by atoms with Gasteiger partial charge in [-0.3, -0.25) is 4.21 Å². The lowest BCUT2D eigenvalue weighted by molar-refractivity contribution is -0.131. The maximum Gasteiger partial charge on any atom is 0.328 e. The van der Waals surface area contributed by atoms with Gasteiger partial charge in [0.2, 0.25) is 0 Å². The van der Waals surface area contributed by atoms with Crippen molar-refractivity contribution in [1.82, 2.24) is 4.98 Å².